The predicted octanol–water partition coefficient (Wildman–Crippen LogP) is 5.27. The van der Waals surface area contributed by atoms with E-state index in [1.807, 2.05) is 0 Å². The third kappa shape index (κ3) is 24.4. The van der Waals surface area contributed by atoms with Crippen LogP contribution in [0.15, 0.2) is 0 Å². The minimum atomic E-state index is -1.61. The van der Waals surface area contributed by atoms with Crippen LogP contribution in [0.25, 0.3) is 0 Å². The maximum Gasteiger partial charge on any atom is 0.191 e. The molecule has 1 fully saturated rings. The van der Waals surface area contributed by atoms with Crippen molar-refractivity contribution in [3.05, 3.63) is 0 Å². The second kappa shape index (κ2) is 22.7. The van der Waals surface area contributed by atoms with Gasteiger partial charge in [-0.3, -0.25) is 0 Å². The van der Waals surface area contributed by atoms with Crippen molar-refractivity contribution in [2.45, 2.75) is 136 Å². The number of nitrogens with two attached hydrogens (primary N) is 1. The molecule has 1 aliphatic heterocycles. The van der Waals surface area contributed by atoms with E-state index in [1.165, 1.54) is 19.3 Å². The van der Waals surface area contributed by atoms with Crippen molar-refractivity contribution < 1.29 is 28.9 Å². The van der Waals surface area contributed by atoms with Crippen LogP contribution >= 0.6 is 0 Å². The highest BCUT2D eigenvalue weighted by Crippen LogP contribution is 2.37. The number of rotatable bonds is 17. The van der Waals surface area contributed by atoms with E-state index in [4.69, 9.17) is 29.5 Å². The zero-order valence-electron chi connectivity index (χ0n) is 26.7. The zero-order valence-corrected chi connectivity index (χ0v) is 28.7. The Balaban J connectivity index is -0.000000580. The van der Waals surface area contributed by atoms with Crippen LogP contribution in [0.4, 0.5) is 0 Å². The Morgan fingerprint density at radius 1 is 0.872 bits per heavy atom. The van der Waals surface area contributed by atoms with E-state index in [9.17, 15) is 5.11 Å². The summed E-state index contributed by atoms with van der Waals surface area (Å²) >= 11 is 0. The fraction of sp³-hybridized carbons (Fsp3) is 1.00. The summed E-state index contributed by atoms with van der Waals surface area (Å²) in [4.78, 5) is 0. The van der Waals surface area contributed by atoms with Crippen LogP contribution in [0.3, 0.4) is 0 Å². The van der Waals surface area contributed by atoms with Crippen LogP contribution < -0.4 is 11.1 Å². The first-order valence-electron chi connectivity index (χ1n) is 14.6. The minimum absolute atomic E-state index is 0. The lowest BCUT2D eigenvalue weighted by molar-refractivity contribution is 0.152. The molecule has 0 spiro atoms. The minimum Gasteiger partial charge on any atom is -0.417 e. The SMILES string of the molecule is C.CC(C)(C)[Si](C)(C)OCCCC[C@H](O)CNCCO.CC(C)(C)[Si](C)(C)OCCCC[C@H]1CO1.NCCO. The number of epoxide rings is 1. The first-order chi connectivity index (χ1) is 17.4. The van der Waals surface area contributed by atoms with Crippen LogP contribution in [0.1, 0.15) is 87.5 Å². The molecule has 0 aromatic rings. The lowest BCUT2D eigenvalue weighted by Gasteiger charge is -2.36. The summed E-state index contributed by atoms with van der Waals surface area (Å²) in [7, 11) is -3.11. The topological polar surface area (TPSA) is 130 Å². The van der Waals surface area contributed by atoms with Gasteiger partial charge in [-0.05, 0) is 74.8 Å². The molecule has 0 radical (unpaired) electrons. The normalized spacial score (nSPS) is 16.3. The number of hydrogen-bond acceptors (Lipinski definition) is 8. The summed E-state index contributed by atoms with van der Waals surface area (Å²) in [6, 6.07) is 0. The molecule has 240 valence electrons. The number of unbranched alkanes of at least 4 members (excludes halogenated alkanes) is 2. The van der Waals surface area contributed by atoms with E-state index in [-0.39, 0.29) is 31.8 Å². The van der Waals surface area contributed by atoms with E-state index in [0.29, 0.717) is 30.8 Å². The third-order valence-corrected chi connectivity index (χ3v) is 16.7. The second-order valence-corrected chi connectivity index (χ2v) is 22.9. The molecule has 6 N–H and O–H groups in total. The highest BCUT2D eigenvalue weighted by molar-refractivity contribution is 6.74. The standard InChI is InChI=1S/C14H33NO3Si.C12H26O2Si.C2H7NO.CH4/c1-14(2,3)19(4,5)18-11-7-6-8-13(17)12-15-9-10-16;1-12(2,3)15(4,5)14-9-7-6-8-11-10-13-11;3-1-2-4;/h13,15-17H,6-12H2,1-5H3;11H,6-10H2,1-5H3;4H,1-3H2;1H4/t13-;11-;;/m00../s1. The average Bonchev–Trinajstić information content (AvgIpc) is 3.62. The molecule has 2 atom stereocenters. The molecule has 0 amide bonds. The van der Waals surface area contributed by atoms with Crippen molar-refractivity contribution in [3.63, 3.8) is 0 Å². The molecule has 39 heavy (non-hydrogen) atoms. The van der Waals surface area contributed by atoms with E-state index in [1.54, 1.807) is 0 Å². The summed E-state index contributed by atoms with van der Waals surface area (Å²) in [6.07, 6.45) is 6.70. The van der Waals surface area contributed by atoms with Crippen molar-refractivity contribution >= 4 is 16.6 Å². The fourth-order valence-corrected chi connectivity index (χ4v) is 4.90. The molecule has 0 aliphatic carbocycles. The van der Waals surface area contributed by atoms with Crippen molar-refractivity contribution in [2.24, 2.45) is 5.73 Å². The van der Waals surface area contributed by atoms with E-state index >= 15 is 0 Å². The molecule has 8 nitrogen and oxygen atoms in total. The summed E-state index contributed by atoms with van der Waals surface area (Å²) in [5.74, 6) is 0. The van der Waals surface area contributed by atoms with Gasteiger partial charge in [0.15, 0.2) is 16.6 Å². The number of aliphatic hydroxyl groups excluding tert-OH is 3. The summed E-state index contributed by atoms with van der Waals surface area (Å²) in [5, 5.41) is 29.6. The summed E-state index contributed by atoms with van der Waals surface area (Å²) in [5.41, 5.74) is 4.78. The molecule has 1 rings (SSSR count). The van der Waals surface area contributed by atoms with Gasteiger partial charge in [-0.1, -0.05) is 49.0 Å². The van der Waals surface area contributed by atoms with Gasteiger partial charge in [-0.25, -0.2) is 0 Å². The number of hydrogen-bond donors (Lipinski definition) is 5. The summed E-state index contributed by atoms with van der Waals surface area (Å²) < 4.78 is 17.4. The van der Waals surface area contributed by atoms with Crippen LogP contribution in [-0.2, 0) is 13.6 Å². The Labute approximate surface area is 245 Å². The Morgan fingerprint density at radius 3 is 1.67 bits per heavy atom. The molecule has 10 heteroatoms. The van der Waals surface area contributed by atoms with Crippen LogP contribution in [0, 0.1) is 0 Å². The van der Waals surface area contributed by atoms with Gasteiger partial charge in [0.2, 0.25) is 0 Å². The Morgan fingerprint density at radius 2 is 1.31 bits per heavy atom. The second-order valence-electron chi connectivity index (χ2n) is 13.3. The molecule has 0 aromatic carbocycles. The maximum atomic E-state index is 9.69. The predicted molar refractivity (Wildman–Crippen MR) is 173 cm³/mol. The zero-order chi connectivity index (χ0) is 29.9. The molecule has 1 heterocycles. The maximum absolute atomic E-state index is 9.69. The average molecular weight is 599 g/mol. The van der Waals surface area contributed by atoms with Crippen LogP contribution in [0.5, 0.6) is 0 Å². The largest absolute Gasteiger partial charge is 0.417 e. The van der Waals surface area contributed by atoms with E-state index < -0.39 is 16.6 Å². The molecule has 1 saturated heterocycles. The lowest BCUT2D eigenvalue weighted by atomic mass is 10.1. The van der Waals surface area contributed by atoms with Gasteiger partial charge < -0.3 is 40.0 Å². The smallest absolute Gasteiger partial charge is 0.191 e. The number of nitrogens with one attached hydrogen (secondary N) is 1. The Bertz CT molecular complexity index is 549. The first kappa shape index (κ1) is 43.6. The van der Waals surface area contributed by atoms with Crippen molar-refractivity contribution in [1.82, 2.24) is 5.32 Å². The quantitative estimate of drug-likeness (QED) is 0.0870. The monoisotopic (exact) mass is 598 g/mol. The van der Waals surface area contributed by atoms with Gasteiger partial charge in [-0.15, -0.1) is 0 Å². The fourth-order valence-electron chi connectivity index (χ4n) is 2.73. The number of aliphatic hydroxyl groups is 3. The number of ether oxygens (including phenoxy) is 1. The van der Waals surface area contributed by atoms with Crippen molar-refractivity contribution in [2.75, 3.05) is 52.7 Å². The van der Waals surface area contributed by atoms with E-state index in [2.05, 4.69) is 73.0 Å². The summed E-state index contributed by atoms with van der Waals surface area (Å²) in [6.45, 7) is 27.2. The van der Waals surface area contributed by atoms with Crippen LogP contribution in [-0.4, -0.2) is 96.8 Å². The third-order valence-electron chi connectivity index (χ3n) is 7.59. The molecule has 0 saturated carbocycles. The highest BCUT2D eigenvalue weighted by atomic mass is 28.4. The Kier molecular flexibility index (Phi) is 25.3. The first-order valence-corrected chi connectivity index (χ1v) is 20.5. The lowest BCUT2D eigenvalue weighted by Crippen LogP contribution is -2.41. The van der Waals surface area contributed by atoms with E-state index in [0.717, 1.165) is 39.1 Å². The highest BCUT2D eigenvalue weighted by Gasteiger charge is 2.37. The Hall–Kier alpha value is 0.114. The molecular weight excluding hydrogens is 528 g/mol. The van der Waals surface area contributed by atoms with Crippen molar-refractivity contribution in [1.29, 1.82) is 0 Å². The molecule has 1 aliphatic rings. The van der Waals surface area contributed by atoms with Gasteiger partial charge in [-0.2, -0.15) is 0 Å². The van der Waals surface area contributed by atoms with Crippen molar-refractivity contribution in [3.8, 4) is 0 Å². The van der Waals surface area contributed by atoms with Gasteiger partial charge in [0.1, 0.15) is 0 Å². The van der Waals surface area contributed by atoms with Gasteiger partial charge >= 0.3 is 0 Å². The molecule has 0 unspecified atom stereocenters. The van der Waals surface area contributed by atoms with Crippen LogP contribution in [0.2, 0.25) is 36.3 Å². The van der Waals surface area contributed by atoms with Gasteiger partial charge in [0.05, 0.1) is 32.0 Å². The molecule has 0 bridgehead atoms. The van der Waals surface area contributed by atoms with Gasteiger partial charge in [0, 0.05) is 32.8 Å². The van der Waals surface area contributed by atoms with Gasteiger partial charge in [0.25, 0.3) is 0 Å². The molecule has 0 aromatic heterocycles. The molecular formula is C29H70N2O6Si2.